The van der Waals surface area contributed by atoms with Crippen molar-refractivity contribution in [3.63, 3.8) is 0 Å². The number of nitrogens with one attached hydrogen (secondary N) is 3. The molecule has 1 fully saturated rings. The number of rotatable bonds is 7. The largest absolute Gasteiger partial charge is 0.330 e. The first-order chi connectivity index (χ1) is 16.6. The molecule has 1 aliphatic heterocycles. The van der Waals surface area contributed by atoms with Gasteiger partial charge in [0.15, 0.2) is 0 Å². The van der Waals surface area contributed by atoms with Crippen molar-refractivity contribution in [3.8, 4) is 6.07 Å². The highest BCUT2D eigenvalue weighted by molar-refractivity contribution is 6.05. The molecule has 0 aromatic heterocycles. The van der Waals surface area contributed by atoms with Crippen LogP contribution in [0.5, 0.6) is 0 Å². The first-order valence-corrected chi connectivity index (χ1v) is 11.4. The van der Waals surface area contributed by atoms with E-state index in [9.17, 15) is 9.59 Å². The summed E-state index contributed by atoms with van der Waals surface area (Å²) >= 11 is 0. The minimum absolute atomic E-state index is 0.141. The Labute approximate surface area is 199 Å². The molecule has 1 atom stereocenters. The summed E-state index contributed by atoms with van der Waals surface area (Å²) in [5, 5.41) is 17.8. The van der Waals surface area contributed by atoms with Crippen molar-refractivity contribution >= 4 is 23.3 Å². The number of nitriles is 1. The maximum Gasteiger partial charge on any atom is 0.319 e. The Morgan fingerprint density at radius 1 is 0.882 bits per heavy atom. The van der Waals surface area contributed by atoms with Crippen molar-refractivity contribution in [1.29, 1.82) is 5.26 Å². The lowest BCUT2D eigenvalue weighted by Crippen LogP contribution is -2.39. The van der Waals surface area contributed by atoms with Crippen molar-refractivity contribution in [2.75, 3.05) is 30.3 Å². The summed E-state index contributed by atoms with van der Waals surface area (Å²) < 4.78 is 0. The van der Waals surface area contributed by atoms with Gasteiger partial charge in [-0.2, -0.15) is 5.26 Å². The van der Waals surface area contributed by atoms with Crippen molar-refractivity contribution < 1.29 is 9.59 Å². The van der Waals surface area contributed by atoms with Crippen LogP contribution in [0.4, 0.5) is 16.2 Å². The SMILES string of the molecule is N#Cc1cccc(NC(=O)c2cccc(NC(=O)NC(CN3CCCC3)c3ccccc3)c2)c1. The van der Waals surface area contributed by atoms with Gasteiger partial charge in [-0.25, -0.2) is 4.79 Å². The molecule has 1 heterocycles. The van der Waals surface area contributed by atoms with E-state index in [0.29, 0.717) is 22.5 Å². The fourth-order valence-corrected chi connectivity index (χ4v) is 4.08. The van der Waals surface area contributed by atoms with E-state index in [1.807, 2.05) is 30.3 Å². The van der Waals surface area contributed by atoms with Gasteiger partial charge in [0.25, 0.3) is 5.91 Å². The molecule has 1 saturated heterocycles. The number of likely N-dealkylation sites (tertiary alicyclic amines) is 1. The predicted molar refractivity (Wildman–Crippen MR) is 133 cm³/mol. The number of amides is 3. The molecule has 3 aromatic carbocycles. The first-order valence-electron chi connectivity index (χ1n) is 11.4. The van der Waals surface area contributed by atoms with Crippen molar-refractivity contribution in [3.05, 3.63) is 95.6 Å². The van der Waals surface area contributed by atoms with Gasteiger partial charge in [0.1, 0.15) is 0 Å². The number of benzene rings is 3. The Kier molecular flexibility index (Phi) is 7.53. The lowest BCUT2D eigenvalue weighted by molar-refractivity contribution is 0.102. The topological polar surface area (TPSA) is 97.3 Å². The Hall–Kier alpha value is -4.15. The van der Waals surface area contributed by atoms with Crippen LogP contribution in [-0.2, 0) is 0 Å². The van der Waals surface area contributed by atoms with Crippen LogP contribution in [0.1, 0.15) is 40.4 Å². The highest BCUT2D eigenvalue weighted by Gasteiger charge is 2.21. The minimum atomic E-state index is -0.327. The average molecular weight is 454 g/mol. The lowest BCUT2D eigenvalue weighted by Gasteiger charge is -2.25. The van der Waals surface area contributed by atoms with Crippen molar-refractivity contribution in [2.24, 2.45) is 0 Å². The van der Waals surface area contributed by atoms with E-state index in [-0.39, 0.29) is 18.0 Å². The number of carbonyl (C=O) groups is 2. The quantitative estimate of drug-likeness (QED) is 0.480. The van der Waals surface area contributed by atoms with E-state index >= 15 is 0 Å². The van der Waals surface area contributed by atoms with Crippen LogP contribution in [0.25, 0.3) is 0 Å². The molecule has 3 aromatic rings. The van der Waals surface area contributed by atoms with Crippen LogP contribution < -0.4 is 16.0 Å². The van der Waals surface area contributed by atoms with Crippen LogP contribution in [0.2, 0.25) is 0 Å². The standard InChI is InChI=1S/C27H27N5O2/c28-18-20-8-6-12-23(16-20)29-26(33)22-11-7-13-24(17-22)30-27(34)31-25(19-32-14-4-5-15-32)21-9-2-1-3-10-21/h1-3,6-13,16-17,25H,4-5,14-15,19H2,(H,29,33)(H2,30,31,34). The van der Waals surface area contributed by atoms with Gasteiger partial charge in [0.05, 0.1) is 17.7 Å². The van der Waals surface area contributed by atoms with Crippen LogP contribution in [0.15, 0.2) is 78.9 Å². The number of carbonyl (C=O) groups excluding carboxylic acids is 2. The molecule has 0 saturated carbocycles. The molecule has 1 aliphatic rings. The molecule has 7 heteroatoms. The molecule has 0 bridgehead atoms. The van der Waals surface area contributed by atoms with E-state index in [2.05, 4.69) is 26.9 Å². The second-order valence-electron chi connectivity index (χ2n) is 8.30. The van der Waals surface area contributed by atoms with E-state index in [1.54, 1.807) is 48.5 Å². The summed E-state index contributed by atoms with van der Waals surface area (Å²) in [4.78, 5) is 27.9. The van der Waals surface area contributed by atoms with E-state index in [0.717, 1.165) is 25.2 Å². The summed E-state index contributed by atoms with van der Waals surface area (Å²) in [6.07, 6.45) is 2.37. The van der Waals surface area contributed by atoms with Gasteiger partial charge in [0.2, 0.25) is 0 Å². The molecule has 34 heavy (non-hydrogen) atoms. The lowest BCUT2D eigenvalue weighted by atomic mass is 10.1. The number of anilines is 2. The van der Waals surface area contributed by atoms with E-state index in [4.69, 9.17) is 5.26 Å². The van der Waals surface area contributed by atoms with Gasteiger partial charge in [0, 0.05) is 23.5 Å². The van der Waals surface area contributed by atoms with Crippen LogP contribution in [-0.4, -0.2) is 36.5 Å². The summed E-state index contributed by atoms with van der Waals surface area (Å²) in [6, 6.07) is 25.0. The van der Waals surface area contributed by atoms with Gasteiger partial charge in [-0.3, -0.25) is 4.79 Å². The summed E-state index contributed by atoms with van der Waals surface area (Å²) in [5.41, 5.74) is 2.97. The second-order valence-corrected chi connectivity index (χ2v) is 8.30. The molecule has 7 nitrogen and oxygen atoms in total. The smallest absolute Gasteiger partial charge is 0.319 e. The predicted octanol–water partition coefficient (Wildman–Crippen LogP) is 4.77. The van der Waals surface area contributed by atoms with Crippen LogP contribution in [0, 0.1) is 11.3 Å². The highest BCUT2D eigenvalue weighted by Crippen LogP contribution is 2.19. The van der Waals surface area contributed by atoms with E-state index in [1.165, 1.54) is 12.8 Å². The van der Waals surface area contributed by atoms with Crippen molar-refractivity contribution in [2.45, 2.75) is 18.9 Å². The Morgan fingerprint density at radius 3 is 2.32 bits per heavy atom. The summed E-state index contributed by atoms with van der Waals surface area (Å²) in [5.74, 6) is -0.324. The number of urea groups is 1. The summed E-state index contributed by atoms with van der Waals surface area (Å²) in [6.45, 7) is 2.84. The maximum absolute atomic E-state index is 12.8. The Balaban J connectivity index is 1.41. The molecule has 4 rings (SSSR count). The molecular weight excluding hydrogens is 426 g/mol. The average Bonchev–Trinajstić information content (AvgIpc) is 3.37. The number of hydrogen-bond donors (Lipinski definition) is 3. The minimum Gasteiger partial charge on any atom is -0.330 e. The fraction of sp³-hybridized carbons (Fsp3) is 0.222. The molecule has 0 spiro atoms. The summed E-state index contributed by atoms with van der Waals surface area (Å²) in [7, 11) is 0. The second kappa shape index (κ2) is 11.1. The molecule has 1 unspecified atom stereocenters. The normalized spacial score (nSPS) is 14.1. The molecular formula is C27H27N5O2. The third-order valence-corrected chi connectivity index (χ3v) is 5.78. The zero-order valence-corrected chi connectivity index (χ0v) is 18.8. The molecule has 0 aliphatic carbocycles. The van der Waals surface area contributed by atoms with Crippen LogP contribution in [0.3, 0.4) is 0 Å². The monoisotopic (exact) mass is 453 g/mol. The van der Waals surface area contributed by atoms with Gasteiger partial charge in [-0.05, 0) is 67.9 Å². The number of hydrogen-bond acceptors (Lipinski definition) is 4. The first kappa shape index (κ1) is 23.0. The molecule has 172 valence electrons. The zero-order valence-electron chi connectivity index (χ0n) is 18.8. The zero-order chi connectivity index (χ0) is 23.8. The Bertz CT molecular complexity index is 1180. The molecule has 3 amide bonds. The molecule has 0 radical (unpaired) electrons. The third kappa shape index (κ3) is 6.21. The van der Waals surface area contributed by atoms with Gasteiger partial charge >= 0.3 is 6.03 Å². The maximum atomic E-state index is 12.8. The molecule has 3 N–H and O–H groups in total. The van der Waals surface area contributed by atoms with Crippen molar-refractivity contribution in [1.82, 2.24) is 10.2 Å². The van der Waals surface area contributed by atoms with E-state index < -0.39 is 0 Å². The van der Waals surface area contributed by atoms with Gasteiger partial charge in [-0.15, -0.1) is 0 Å². The van der Waals surface area contributed by atoms with Gasteiger partial charge < -0.3 is 20.9 Å². The third-order valence-electron chi connectivity index (χ3n) is 5.78. The van der Waals surface area contributed by atoms with Gasteiger partial charge in [-0.1, -0.05) is 42.5 Å². The Morgan fingerprint density at radius 2 is 1.59 bits per heavy atom. The number of nitrogens with zero attached hydrogens (tertiary/aromatic N) is 2. The van der Waals surface area contributed by atoms with Crippen LogP contribution >= 0.6 is 0 Å². The highest BCUT2D eigenvalue weighted by atomic mass is 16.2. The fourth-order valence-electron chi connectivity index (χ4n) is 4.08.